The predicted octanol–water partition coefficient (Wildman–Crippen LogP) is 4.72. The van der Waals surface area contributed by atoms with E-state index < -0.39 is 0 Å². The monoisotopic (exact) mass is 430 g/mol. The molecule has 5 nitrogen and oxygen atoms in total. The van der Waals surface area contributed by atoms with Crippen molar-refractivity contribution in [3.05, 3.63) is 72.1 Å². The number of carbonyl (C=O) groups excluding carboxylic acids is 2. The smallest absolute Gasteiger partial charge is 0.210 e. The van der Waals surface area contributed by atoms with Crippen LogP contribution in [0.25, 0.3) is 0 Å². The molecule has 0 radical (unpaired) electrons. The van der Waals surface area contributed by atoms with Crippen molar-refractivity contribution in [2.75, 3.05) is 13.2 Å². The van der Waals surface area contributed by atoms with Gasteiger partial charge in [0.25, 0.3) is 0 Å². The van der Waals surface area contributed by atoms with Gasteiger partial charge in [-0.05, 0) is 55.0 Å². The maximum absolute atomic E-state index is 13.0. The fourth-order valence-electron chi connectivity index (χ4n) is 3.58. The van der Waals surface area contributed by atoms with E-state index in [-0.39, 0.29) is 17.9 Å². The van der Waals surface area contributed by atoms with Gasteiger partial charge in [-0.15, -0.1) is 0 Å². The molecule has 3 atom stereocenters. The molecule has 6 heteroatoms. The SMILES string of the molecule is C=CC1=C(C=C)[C@H](c2ccc(F)cc2)N(C=O)CC1.CC.C[C@H]1CCC(NC=O)CO1. The van der Waals surface area contributed by atoms with E-state index in [0.717, 1.165) is 48.8 Å². The largest absolute Gasteiger partial charge is 0.376 e. The molecule has 0 saturated carbocycles. The van der Waals surface area contributed by atoms with Crippen molar-refractivity contribution in [3.63, 3.8) is 0 Å². The Morgan fingerprint density at radius 1 is 1.13 bits per heavy atom. The summed E-state index contributed by atoms with van der Waals surface area (Å²) in [5.74, 6) is -0.287. The van der Waals surface area contributed by atoms with Gasteiger partial charge < -0.3 is 15.0 Å². The molecule has 170 valence electrons. The molecule has 1 unspecified atom stereocenters. The molecule has 2 amide bonds. The van der Waals surface area contributed by atoms with Crippen molar-refractivity contribution in [1.82, 2.24) is 10.2 Å². The summed E-state index contributed by atoms with van der Waals surface area (Å²) in [5, 5.41) is 2.70. The number of benzene rings is 1. The number of halogens is 1. The number of allylic oxidation sites excluding steroid dienone is 1. The van der Waals surface area contributed by atoms with Crippen LogP contribution in [0.1, 0.15) is 51.6 Å². The number of nitrogens with one attached hydrogen (secondary N) is 1. The number of hydrogen-bond acceptors (Lipinski definition) is 3. The lowest BCUT2D eigenvalue weighted by Crippen LogP contribution is -2.38. The maximum Gasteiger partial charge on any atom is 0.210 e. The van der Waals surface area contributed by atoms with E-state index in [1.54, 1.807) is 29.2 Å². The highest BCUT2D eigenvalue weighted by Crippen LogP contribution is 2.35. The second kappa shape index (κ2) is 14.3. The van der Waals surface area contributed by atoms with Gasteiger partial charge in [-0.25, -0.2) is 4.39 Å². The van der Waals surface area contributed by atoms with Crippen LogP contribution >= 0.6 is 0 Å². The van der Waals surface area contributed by atoms with Gasteiger partial charge in [-0.1, -0.05) is 51.3 Å². The average molecular weight is 431 g/mol. The molecule has 2 aliphatic heterocycles. The van der Waals surface area contributed by atoms with Crippen molar-refractivity contribution < 1.29 is 18.7 Å². The first-order valence-electron chi connectivity index (χ1n) is 10.8. The van der Waals surface area contributed by atoms with Crippen molar-refractivity contribution >= 4 is 12.8 Å². The number of carbonyl (C=O) groups is 2. The summed E-state index contributed by atoms with van der Waals surface area (Å²) in [6, 6.07) is 6.24. The van der Waals surface area contributed by atoms with Crippen LogP contribution in [0.2, 0.25) is 0 Å². The molecule has 0 aliphatic carbocycles. The van der Waals surface area contributed by atoms with E-state index >= 15 is 0 Å². The number of hydrogen-bond donors (Lipinski definition) is 1. The van der Waals surface area contributed by atoms with Crippen LogP contribution in [0.3, 0.4) is 0 Å². The van der Waals surface area contributed by atoms with Gasteiger partial charge in [0, 0.05) is 6.54 Å². The Bertz CT molecular complexity index is 738. The Hall–Kier alpha value is -2.73. The first kappa shape index (κ1) is 26.3. The molecular weight excluding hydrogens is 395 g/mol. The van der Waals surface area contributed by atoms with Crippen molar-refractivity contribution in [2.24, 2.45) is 0 Å². The molecule has 1 N–H and O–H groups in total. The van der Waals surface area contributed by atoms with Gasteiger partial charge >= 0.3 is 0 Å². The number of amides is 2. The summed E-state index contributed by atoms with van der Waals surface area (Å²) in [7, 11) is 0. The van der Waals surface area contributed by atoms with Crippen molar-refractivity contribution in [2.45, 2.75) is 58.2 Å². The summed E-state index contributed by atoms with van der Waals surface area (Å²) in [5.41, 5.74) is 2.92. The fourth-order valence-corrected chi connectivity index (χ4v) is 3.58. The van der Waals surface area contributed by atoms with Crippen LogP contribution < -0.4 is 5.32 Å². The third-order valence-corrected chi connectivity index (χ3v) is 5.23. The van der Waals surface area contributed by atoms with Crippen molar-refractivity contribution in [3.8, 4) is 0 Å². The minimum atomic E-state index is -0.287. The lowest BCUT2D eigenvalue weighted by molar-refractivity contribution is -0.120. The van der Waals surface area contributed by atoms with E-state index in [2.05, 4.69) is 25.4 Å². The second-order valence-electron chi connectivity index (χ2n) is 7.14. The van der Waals surface area contributed by atoms with E-state index in [1.807, 2.05) is 13.8 Å². The number of ether oxygens (including phenoxy) is 1. The Balaban J connectivity index is 0.000000337. The molecule has 31 heavy (non-hydrogen) atoms. The second-order valence-corrected chi connectivity index (χ2v) is 7.14. The van der Waals surface area contributed by atoms with Crippen LogP contribution in [0.4, 0.5) is 4.39 Å². The van der Waals surface area contributed by atoms with Gasteiger partial charge in [0.2, 0.25) is 12.8 Å². The Morgan fingerprint density at radius 3 is 2.29 bits per heavy atom. The lowest BCUT2D eigenvalue weighted by atomic mass is 9.88. The Morgan fingerprint density at radius 2 is 1.81 bits per heavy atom. The molecule has 1 aromatic rings. The normalized spacial score (nSPS) is 22.7. The zero-order chi connectivity index (χ0) is 23.2. The molecule has 3 rings (SSSR count). The van der Waals surface area contributed by atoms with Gasteiger partial charge in [-0.2, -0.15) is 0 Å². The zero-order valence-electron chi connectivity index (χ0n) is 18.9. The quantitative estimate of drug-likeness (QED) is 0.664. The van der Waals surface area contributed by atoms with Crippen LogP contribution in [-0.2, 0) is 14.3 Å². The third kappa shape index (κ3) is 7.79. The topological polar surface area (TPSA) is 58.6 Å². The molecule has 1 fully saturated rings. The van der Waals surface area contributed by atoms with E-state index in [9.17, 15) is 14.0 Å². The van der Waals surface area contributed by atoms with E-state index in [4.69, 9.17) is 4.74 Å². The van der Waals surface area contributed by atoms with Crippen LogP contribution in [-0.4, -0.2) is 43.0 Å². The molecule has 0 bridgehead atoms. The molecule has 2 heterocycles. The molecule has 0 spiro atoms. The van der Waals surface area contributed by atoms with Crippen LogP contribution in [0, 0.1) is 5.82 Å². The third-order valence-electron chi connectivity index (χ3n) is 5.23. The standard InChI is InChI=1S/C16H16FNO.C7H13NO2.C2H6/c1-3-12-9-10-18(11-19)16(15(12)4-2)13-5-7-14(17)8-6-13;1-6-2-3-7(4-10-6)8-5-9;1-2/h3-8,11,16H,1-2,9-10H2;5-7H,2-4H2,1H3,(H,8,9);1-2H3/t16-;6-,7?;/m00./s1. The van der Waals surface area contributed by atoms with Gasteiger partial charge in [0.1, 0.15) is 5.82 Å². The highest BCUT2D eigenvalue weighted by atomic mass is 19.1. The first-order valence-corrected chi connectivity index (χ1v) is 10.8. The molecular formula is C25H35FN2O3. The summed E-state index contributed by atoms with van der Waals surface area (Å²) in [6.07, 6.45) is 8.34. The summed E-state index contributed by atoms with van der Waals surface area (Å²) < 4.78 is 18.3. The van der Waals surface area contributed by atoms with Gasteiger partial charge in [-0.3, -0.25) is 9.59 Å². The average Bonchev–Trinajstić information content (AvgIpc) is 2.82. The van der Waals surface area contributed by atoms with E-state index in [0.29, 0.717) is 19.3 Å². The highest BCUT2D eigenvalue weighted by Gasteiger charge is 2.27. The summed E-state index contributed by atoms with van der Waals surface area (Å²) in [6.45, 7) is 15.0. The summed E-state index contributed by atoms with van der Waals surface area (Å²) >= 11 is 0. The summed E-state index contributed by atoms with van der Waals surface area (Å²) in [4.78, 5) is 22.9. The zero-order valence-corrected chi connectivity index (χ0v) is 18.9. The maximum atomic E-state index is 13.0. The number of rotatable bonds is 6. The van der Waals surface area contributed by atoms with Gasteiger partial charge in [0.15, 0.2) is 0 Å². The van der Waals surface area contributed by atoms with Gasteiger partial charge in [0.05, 0.1) is 24.8 Å². The van der Waals surface area contributed by atoms with Crippen molar-refractivity contribution in [1.29, 1.82) is 0 Å². The lowest BCUT2D eigenvalue weighted by Gasteiger charge is -2.35. The minimum Gasteiger partial charge on any atom is -0.376 e. The molecule has 1 aromatic carbocycles. The Kier molecular flexibility index (Phi) is 12.1. The first-order chi connectivity index (χ1) is 15.0. The highest BCUT2D eigenvalue weighted by molar-refractivity contribution is 5.55. The number of nitrogens with zero attached hydrogens (tertiary/aromatic N) is 1. The predicted molar refractivity (Wildman–Crippen MR) is 123 cm³/mol. The minimum absolute atomic E-state index is 0.211. The molecule has 0 aromatic heterocycles. The van der Waals surface area contributed by atoms with Crippen LogP contribution in [0.5, 0.6) is 0 Å². The molecule has 2 aliphatic rings. The Labute approximate surface area is 185 Å². The fraction of sp³-hybridized carbons (Fsp3) is 0.440. The molecule has 1 saturated heterocycles. The van der Waals surface area contributed by atoms with E-state index in [1.165, 1.54) is 12.1 Å². The van der Waals surface area contributed by atoms with Crippen LogP contribution in [0.15, 0.2) is 60.7 Å².